The minimum Gasteiger partial charge on any atom is -0.481 e. The number of hydrogen-bond acceptors (Lipinski definition) is 3. The maximum atomic E-state index is 11.6. The molecule has 2 bridgehead atoms. The molecule has 0 aromatic carbocycles. The van der Waals surface area contributed by atoms with Crippen LogP contribution in [-0.4, -0.2) is 23.1 Å². The molecular formula is C10H12O4. The maximum absolute atomic E-state index is 11.6. The van der Waals surface area contributed by atoms with Crippen molar-refractivity contribution in [3.63, 3.8) is 0 Å². The highest BCUT2D eigenvalue weighted by atomic mass is 16.6. The van der Waals surface area contributed by atoms with Gasteiger partial charge in [-0.3, -0.25) is 9.59 Å². The highest BCUT2D eigenvalue weighted by Crippen LogP contribution is 2.64. The van der Waals surface area contributed by atoms with Crippen molar-refractivity contribution in [2.45, 2.75) is 25.9 Å². The average molecular weight is 196 g/mol. The molecule has 5 unspecified atom stereocenters. The van der Waals surface area contributed by atoms with Crippen molar-refractivity contribution >= 4 is 11.9 Å². The molecule has 2 aliphatic carbocycles. The van der Waals surface area contributed by atoms with E-state index in [1.54, 1.807) is 6.92 Å². The molecule has 0 radical (unpaired) electrons. The molecule has 1 heterocycles. The van der Waals surface area contributed by atoms with Crippen molar-refractivity contribution in [3.8, 4) is 0 Å². The van der Waals surface area contributed by atoms with E-state index in [0.717, 1.165) is 12.8 Å². The second-order valence-electron chi connectivity index (χ2n) is 4.88. The van der Waals surface area contributed by atoms with Gasteiger partial charge in [-0.25, -0.2) is 0 Å². The molecule has 0 amide bonds. The molecule has 76 valence electrons. The lowest BCUT2D eigenvalue weighted by atomic mass is 9.68. The molecule has 4 nitrogen and oxygen atoms in total. The summed E-state index contributed by atoms with van der Waals surface area (Å²) in [5.41, 5.74) is -0.737. The predicted molar refractivity (Wildman–Crippen MR) is 45.3 cm³/mol. The molecule has 0 aromatic rings. The summed E-state index contributed by atoms with van der Waals surface area (Å²) in [6, 6.07) is 0. The third-order valence-electron chi connectivity index (χ3n) is 4.39. The third kappa shape index (κ3) is 0.645. The zero-order chi connectivity index (χ0) is 10.1. The molecular weight excluding hydrogens is 184 g/mol. The molecule has 0 spiro atoms. The maximum Gasteiger partial charge on any atom is 0.313 e. The number of carboxylic acid groups (broad SMARTS) is 1. The van der Waals surface area contributed by atoms with Crippen molar-refractivity contribution in [2.24, 2.45) is 23.2 Å². The summed E-state index contributed by atoms with van der Waals surface area (Å²) in [4.78, 5) is 22.8. The van der Waals surface area contributed by atoms with E-state index in [1.807, 2.05) is 0 Å². The van der Waals surface area contributed by atoms with E-state index >= 15 is 0 Å². The topological polar surface area (TPSA) is 63.6 Å². The first kappa shape index (κ1) is 8.26. The van der Waals surface area contributed by atoms with Gasteiger partial charge in [0.2, 0.25) is 0 Å². The van der Waals surface area contributed by atoms with Gasteiger partial charge in [0.25, 0.3) is 0 Å². The number of aliphatic carboxylic acids is 1. The molecule has 5 atom stereocenters. The van der Waals surface area contributed by atoms with E-state index in [0.29, 0.717) is 0 Å². The third-order valence-corrected chi connectivity index (χ3v) is 4.39. The van der Waals surface area contributed by atoms with Crippen LogP contribution in [0.1, 0.15) is 19.8 Å². The first-order chi connectivity index (χ1) is 6.55. The van der Waals surface area contributed by atoms with Crippen LogP contribution in [0.3, 0.4) is 0 Å². The summed E-state index contributed by atoms with van der Waals surface area (Å²) >= 11 is 0. The van der Waals surface area contributed by atoms with Gasteiger partial charge in [-0.15, -0.1) is 0 Å². The largest absolute Gasteiger partial charge is 0.481 e. The van der Waals surface area contributed by atoms with Gasteiger partial charge < -0.3 is 9.84 Å². The number of fused-ring (bicyclic) bond motifs is 1. The number of hydrogen-bond donors (Lipinski definition) is 1. The molecule has 3 aliphatic rings. The van der Waals surface area contributed by atoms with Gasteiger partial charge in [-0.05, 0) is 25.7 Å². The number of ether oxygens (including phenoxy) is 1. The van der Waals surface area contributed by atoms with Crippen molar-refractivity contribution in [3.05, 3.63) is 0 Å². The molecule has 2 saturated carbocycles. The van der Waals surface area contributed by atoms with E-state index < -0.39 is 17.3 Å². The lowest BCUT2D eigenvalue weighted by Crippen LogP contribution is -2.41. The number of carbonyl (C=O) groups excluding carboxylic acids is 1. The van der Waals surface area contributed by atoms with Crippen LogP contribution < -0.4 is 0 Å². The van der Waals surface area contributed by atoms with Crippen LogP contribution in [-0.2, 0) is 14.3 Å². The van der Waals surface area contributed by atoms with Gasteiger partial charge in [0, 0.05) is 5.92 Å². The number of rotatable bonds is 1. The summed E-state index contributed by atoms with van der Waals surface area (Å²) in [7, 11) is 0. The number of carbonyl (C=O) groups is 2. The molecule has 14 heavy (non-hydrogen) atoms. The standard InChI is InChI=1S/C10H12O4/c1-10-5-2-4(7(10)8(11)12)3-6(5)14-9(10)13/h4-7H,2-3H2,1H3,(H,11,12). The fourth-order valence-electron chi connectivity index (χ4n) is 3.79. The van der Waals surface area contributed by atoms with Crippen LogP contribution in [0, 0.1) is 23.2 Å². The second-order valence-corrected chi connectivity index (χ2v) is 4.88. The fourth-order valence-corrected chi connectivity index (χ4v) is 3.79. The van der Waals surface area contributed by atoms with Crippen molar-refractivity contribution < 1.29 is 19.4 Å². The first-order valence-corrected chi connectivity index (χ1v) is 4.99. The molecule has 1 aliphatic heterocycles. The van der Waals surface area contributed by atoms with Gasteiger partial charge >= 0.3 is 11.9 Å². The van der Waals surface area contributed by atoms with E-state index in [9.17, 15) is 9.59 Å². The highest BCUT2D eigenvalue weighted by Gasteiger charge is 2.71. The van der Waals surface area contributed by atoms with Crippen LogP contribution in [0.15, 0.2) is 0 Å². The lowest BCUT2D eigenvalue weighted by Gasteiger charge is -2.29. The number of esters is 1. The van der Waals surface area contributed by atoms with Gasteiger partial charge in [-0.1, -0.05) is 0 Å². The summed E-state index contributed by atoms with van der Waals surface area (Å²) in [6.07, 6.45) is 1.61. The van der Waals surface area contributed by atoms with E-state index in [4.69, 9.17) is 9.84 Å². The van der Waals surface area contributed by atoms with Crippen molar-refractivity contribution in [1.29, 1.82) is 0 Å². The summed E-state index contributed by atoms with van der Waals surface area (Å²) in [6.45, 7) is 1.76. The Balaban J connectivity index is 2.11. The van der Waals surface area contributed by atoms with E-state index in [-0.39, 0.29) is 23.9 Å². The van der Waals surface area contributed by atoms with Crippen LogP contribution in [0.25, 0.3) is 0 Å². The normalized spacial score (nSPS) is 53.6. The van der Waals surface area contributed by atoms with Gasteiger partial charge in [0.1, 0.15) is 6.10 Å². The fraction of sp³-hybridized carbons (Fsp3) is 0.800. The Hall–Kier alpha value is -1.06. The Kier molecular flexibility index (Phi) is 1.25. The Labute approximate surface area is 81.2 Å². The molecule has 1 saturated heterocycles. The molecule has 3 fully saturated rings. The first-order valence-electron chi connectivity index (χ1n) is 4.99. The van der Waals surface area contributed by atoms with E-state index in [1.165, 1.54) is 0 Å². The Morgan fingerprint density at radius 3 is 2.93 bits per heavy atom. The molecule has 1 N–H and O–H groups in total. The molecule has 0 aromatic heterocycles. The quantitative estimate of drug-likeness (QED) is 0.626. The number of carboxylic acids is 1. The van der Waals surface area contributed by atoms with Gasteiger partial charge in [0.15, 0.2) is 0 Å². The second kappa shape index (κ2) is 2.12. The molecule has 3 rings (SSSR count). The SMILES string of the molecule is CC12C(=O)OC3CC(CC31)C2C(=O)O. The minimum atomic E-state index is -0.836. The molecule has 4 heteroatoms. The Morgan fingerprint density at radius 1 is 1.57 bits per heavy atom. The van der Waals surface area contributed by atoms with Gasteiger partial charge in [-0.2, -0.15) is 0 Å². The summed E-state index contributed by atoms with van der Waals surface area (Å²) < 4.78 is 5.22. The van der Waals surface area contributed by atoms with Crippen LogP contribution in [0.5, 0.6) is 0 Å². The Morgan fingerprint density at radius 2 is 2.29 bits per heavy atom. The van der Waals surface area contributed by atoms with Crippen molar-refractivity contribution in [1.82, 2.24) is 0 Å². The Bertz CT molecular complexity index is 337. The average Bonchev–Trinajstić information content (AvgIpc) is 2.61. The van der Waals surface area contributed by atoms with Crippen LogP contribution in [0.2, 0.25) is 0 Å². The predicted octanol–water partition coefficient (Wildman–Crippen LogP) is 0.659. The summed E-state index contributed by atoms with van der Waals surface area (Å²) in [5, 5.41) is 9.13. The smallest absolute Gasteiger partial charge is 0.313 e. The minimum absolute atomic E-state index is 0.00750. The summed E-state index contributed by atoms with van der Waals surface area (Å²) in [5.74, 6) is -1.34. The van der Waals surface area contributed by atoms with Crippen molar-refractivity contribution in [2.75, 3.05) is 0 Å². The lowest BCUT2D eigenvalue weighted by molar-refractivity contribution is -0.157. The monoisotopic (exact) mass is 196 g/mol. The highest BCUT2D eigenvalue weighted by molar-refractivity contribution is 5.88. The van der Waals surface area contributed by atoms with E-state index in [2.05, 4.69) is 0 Å². The zero-order valence-electron chi connectivity index (χ0n) is 7.90. The zero-order valence-corrected chi connectivity index (χ0v) is 7.90. The van der Waals surface area contributed by atoms with Crippen LogP contribution in [0.4, 0.5) is 0 Å². The van der Waals surface area contributed by atoms with Gasteiger partial charge in [0.05, 0.1) is 11.3 Å². The van der Waals surface area contributed by atoms with Crippen LogP contribution >= 0.6 is 0 Å².